The summed E-state index contributed by atoms with van der Waals surface area (Å²) in [6.07, 6.45) is 4.55. The fraction of sp³-hybridized carbons (Fsp3) is 0.0769. The first-order valence-corrected chi connectivity index (χ1v) is 14.6. The summed E-state index contributed by atoms with van der Waals surface area (Å²) in [5.41, 5.74) is 5.41. The third kappa shape index (κ3) is 4.74. The van der Waals surface area contributed by atoms with Gasteiger partial charge in [0.2, 0.25) is 0 Å². The van der Waals surface area contributed by atoms with Crippen LogP contribution in [-0.2, 0) is 5.54 Å². The maximum Gasteiger partial charge on any atom is 0.125 e. The Bertz CT molecular complexity index is 1930. The minimum atomic E-state index is -0.994. The molecule has 0 aliphatic heterocycles. The Morgan fingerprint density at radius 2 is 1.25 bits per heavy atom. The summed E-state index contributed by atoms with van der Waals surface area (Å²) in [6, 6.07) is 47.3. The van der Waals surface area contributed by atoms with Gasteiger partial charge in [0.1, 0.15) is 17.4 Å². The van der Waals surface area contributed by atoms with Crippen LogP contribution >= 0.6 is 0 Å². The number of hydrogen-bond acceptors (Lipinski definition) is 4. The molecule has 2 heterocycles. The number of nitrogens with zero attached hydrogens (tertiary/aromatic N) is 3. The molecule has 214 valence electrons. The lowest BCUT2D eigenvalue weighted by atomic mass is 9.77. The molecule has 5 nitrogen and oxygen atoms in total. The van der Waals surface area contributed by atoms with Gasteiger partial charge in [0.25, 0.3) is 0 Å². The van der Waals surface area contributed by atoms with Crippen molar-refractivity contribution >= 4 is 10.8 Å². The number of ether oxygens (including phenoxy) is 1. The minimum absolute atomic E-state index is 0.539. The Morgan fingerprint density at radius 1 is 0.659 bits per heavy atom. The van der Waals surface area contributed by atoms with E-state index in [1.807, 2.05) is 67.1 Å². The van der Waals surface area contributed by atoms with Gasteiger partial charge >= 0.3 is 0 Å². The molecule has 2 aromatic heterocycles. The summed E-state index contributed by atoms with van der Waals surface area (Å²) >= 11 is 0. The number of pyridine rings is 1. The van der Waals surface area contributed by atoms with Gasteiger partial charge in [-0.1, -0.05) is 115 Å². The van der Waals surface area contributed by atoms with E-state index in [1.165, 1.54) is 0 Å². The first-order chi connectivity index (χ1) is 21.7. The van der Waals surface area contributed by atoms with Crippen molar-refractivity contribution in [3.05, 3.63) is 186 Å². The molecule has 0 bridgehead atoms. The van der Waals surface area contributed by atoms with Crippen molar-refractivity contribution in [1.29, 1.82) is 0 Å². The molecule has 0 saturated heterocycles. The van der Waals surface area contributed by atoms with Crippen LogP contribution in [0.3, 0.4) is 0 Å². The zero-order valence-electron chi connectivity index (χ0n) is 24.3. The Hall–Kier alpha value is -5.52. The second-order valence-corrected chi connectivity index (χ2v) is 10.8. The zero-order valence-corrected chi connectivity index (χ0v) is 24.3. The molecule has 1 unspecified atom stereocenters. The zero-order chi connectivity index (χ0) is 29.9. The van der Waals surface area contributed by atoms with Crippen LogP contribution in [0.1, 0.15) is 34.1 Å². The van der Waals surface area contributed by atoms with Gasteiger partial charge < -0.3 is 14.4 Å². The second-order valence-electron chi connectivity index (χ2n) is 10.8. The predicted octanol–water partition coefficient (Wildman–Crippen LogP) is 8.03. The van der Waals surface area contributed by atoms with Crippen molar-refractivity contribution < 1.29 is 9.84 Å². The molecule has 0 saturated carbocycles. The minimum Gasteiger partial charge on any atom is -0.497 e. The molecule has 5 heteroatoms. The molecule has 0 spiro atoms. The standard InChI is InChI=1S/C39H31N3O2/c1-44-34-22-21-28-24-30(20-19-29(28)25-34)37-35(18-11-23-40-37)38(43)36-26-42(27-41-36)39(31-12-5-2-6-13-31,32-14-7-3-8-15-32)33-16-9-4-10-17-33/h2-27,38,43H,1H3. The highest BCUT2D eigenvalue weighted by atomic mass is 16.5. The first kappa shape index (κ1) is 27.3. The molecule has 5 aromatic carbocycles. The smallest absolute Gasteiger partial charge is 0.125 e. The Labute approximate surface area is 256 Å². The molecule has 7 aromatic rings. The van der Waals surface area contributed by atoms with Gasteiger partial charge in [-0.25, -0.2) is 4.98 Å². The van der Waals surface area contributed by atoms with Crippen LogP contribution in [0.25, 0.3) is 22.0 Å². The van der Waals surface area contributed by atoms with E-state index in [0.717, 1.165) is 38.8 Å². The number of methoxy groups -OCH3 is 1. The van der Waals surface area contributed by atoms with E-state index >= 15 is 0 Å². The summed E-state index contributed by atoms with van der Waals surface area (Å²) in [7, 11) is 1.67. The molecular weight excluding hydrogens is 542 g/mol. The van der Waals surface area contributed by atoms with Gasteiger partial charge in [-0.05, 0) is 51.7 Å². The molecule has 1 N–H and O–H groups in total. The SMILES string of the molecule is COc1ccc2cc(-c3ncccc3C(O)c3cn(C(c4ccccc4)(c4ccccc4)c4ccccc4)cn3)ccc2c1. The van der Waals surface area contributed by atoms with Crippen molar-refractivity contribution in [2.24, 2.45) is 0 Å². The Kier molecular flexibility index (Phi) is 7.22. The third-order valence-corrected chi connectivity index (χ3v) is 8.30. The molecular formula is C39H31N3O2. The Balaban J connectivity index is 1.35. The lowest BCUT2D eigenvalue weighted by Gasteiger charge is -2.37. The normalized spacial score (nSPS) is 12.2. The van der Waals surface area contributed by atoms with E-state index in [4.69, 9.17) is 14.7 Å². The van der Waals surface area contributed by atoms with Crippen molar-refractivity contribution in [1.82, 2.24) is 14.5 Å². The van der Waals surface area contributed by atoms with Crippen LogP contribution in [0.4, 0.5) is 0 Å². The lowest BCUT2D eigenvalue weighted by molar-refractivity contribution is 0.216. The van der Waals surface area contributed by atoms with Crippen molar-refractivity contribution in [3.8, 4) is 17.0 Å². The summed E-state index contributed by atoms with van der Waals surface area (Å²) in [4.78, 5) is 9.53. The molecule has 7 rings (SSSR count). The van der Waals surface area contributed by atoms with Gasteiger partial charge in [-0.2, -0.15) is 0 Å². The van der Waals surface area contributed by atoms with Crippen LogP contribution in [0.15, 0.2) is 158 Å². The van der Waals surface area contributed by atoms with Gasteiger partial charge in [-0.15, -0.1) is 0 Å². The summed E-state index contributed by atoms with van der Waals surface area (Å²) in [5.74, 6) is 0.812. The monoisotopic (exact) mass is 573 g/mol. The number of rotatable bonds is 8. The van der Waals surface area contributed by atoms with E-state index in [-0.39, 0.29) is 0 Å². The lowest BCUT2D eigenvalue weighted by Crippen LogP contribution is -2.37. The second kappa shape index (κ2) is 11.6. The molecule has 0 amide bonds. The van der Waals surface area contributed by atoms with Crippen molar-refractivity contribution in [2.75, 3.05) is 7.11 Å². The van der Waals surface area contributed by atoms with Crippen LogP contribution < -0.4 is 4.74 Å². The average Bonchev–Trinajstić information content (AvgIpc) is 3.60. The van der Waals surface area contributed by atoms with Crippen LogP contribution in [-0.4, -0.2) is 26.8 Å². The van der Waals surface area contributed by atoms with Crippen LogP contribution in [0.5, 0.6) is 5.75 Å². The van der Waals surface area contributed by atoms with E-state index in [1.54, 1.807) is 13.3 Å². The maximum atomic E-state index is 11.9. The fourth-order valence-electron chi connectivity index (χ4n) is 6.18. The number of hydrogen-bond donors (Lipinski definition) is 1. The highest BCUT2D eigenvalue weighted by Gasteiger charge is 2.38. The quantitative estimate of drug-likeness (QED) is 0.187. The van der Waals surface area contributed by atoms with Gasteiger partial charge in [0.05, 0.1) is 24.8 Å². The summed E-state index contributed by atoms with van der Waals surface area (Å²) in [5, 5.41) is 14.0. The number of aliphatic hydroxyl groups is 1. The number of fused-ring (bicyclic) bond motifs is 1. The van der Waals surface area contributed by atoms with Crippen molar-refractivity contribution in [2.45, 2.75) is 11.6 Å². The average molecular weight is 574 g/mol. The summed E-state index contributed by atoms with van der Waals surface area (Å²) in [6.45, 7) is 0. The Morgan fingerprint density at radius 3 is 1.86 bits per heavy atom. The third-order valence-electron chi connectivity index (χ3n) is 8.30. The largest absolute Gasteiger partial charge is 0.497 e. The molecule has 0 aliphatic carbocycles. The van der Waals surface area contributed by atoms with E-state index in [2.05, 4.69) is 89.5 Å². The molecule has 0 aliphatic rings. The van der Waals surface area contributed by atoms with Crippen LogP contribution in [0, 0.1) is 0 Å². The highest BCUT2D eigenvalue weighted by molar-refractivity contribution is 5.88. The number of imidazole rings is 1. The van der Waals surface area contributed by atoms with Gasteiger partial charge in [-0.3, -0.25) is 4.98 Å². The predicted molar refractivity (Wildman–Crippen MR) is 175 cm³/mol. The fourth-order valence-corrected chi connectivity index (χ4v) is 6.18. The molecule has 1 atom stereocenters. The van der Waals surface area contributed by atoms with E-state index < -0.39 is 11.6 Å². The van der Waals surface area contributed by atoms with Gasteiger partial charge in [0, 0.05) is 23.5 Å². The maximum absolute atomic E-state index is 11.9. The van der Waals surface area contributed by atoms with Crippen LogP contribution in [0.2, 0.25) is 0 Å². The van der Waals surface area contributed by atoms with E-state index in [0.29, 0.717) is 17.0 Å². The number of aliphatic hydroxyl groups excluding tert-OH is 1. The molecule has 0 radical (unpaired) electrons. The first-order valence-electron chi connectivity index (χ1n) is 14.6. The number of aromatic nitrogens is 3. The number of benzene rings is 5. The van der Waals surface area contributed by atoms with Gasteiger partial charge in [0.15, 0.2) is 0 Å². The molecule has 0 fully saturated rings. The highest BCUT2D eigenvalue weighted by Crippen LogP contribution is 2.41. The van der Waals surface area contributed by atoms with E-state index in [9.17, 15) is 5.11 Å². The molecule has 44 heavy (non-hydrogen) atoms. The summed E-state index contributed by atoms with van der Waals surface area (Å²) < 4.78 is 7.51. The van der Waals surface area contributed by atoms with Crippen molar-refractivity contribution in [3.63, 3.8) is 0 Å². The topological polar surface area (TPSA) is 60.2 Å².